The highest BCUT2D eigenvalue weighted by molar-refractivity contribution is 9.10. The lowest BCUT2D eigenvalue weighted by Gasteiger charge is -2.09. The molecule has 0 saturated carbocycles. The van der Waals surface area contributed by atoms with Crippen molar-refractivity contribution in [2.24, 2.45) is 5.16 Å². The largest absolute Gasteiger partial charge is 0.409 e. The molecule has 0 aliphatic rings. The highest BCUT2D eigenvalue weighted by Crippen LogP contribution is 2.20. The van der Waals surface area contributed by atoms with Crippen LogP contribution in [0.3, 0.4) is 0 Å². The molecule has 1 aromatic carbocycles. The summed E-state index contributed by atoms with van der Waals surface area (Å²) in [5.74, 6) is 1.18. The molecule has 0 aliphatic heterocycles. The summed E-state index contributed by atoms with van der Waals surface area (Å²) in [5, 5.41) is 16.1. The number of imidazole rings is 1. The minimum Gasteiger partial charge on any atom is -0.409 e. The number of aromatic nitrogens is 3. The Hall–Kier alpha value is -2.45. The maximum Gasteiger partial charge on any atom is 0.179 e. The molecule has 25 heavy (non-hydrogen) atoms. The van der Waals surface area contributed by atoms with Gasteiger partial charge in [-0.25, -0.2) is 9.97 Å². The van der Waals surface area contributed by atoms with Gasteiger partial charge in [0.15, 0.2) is 11.5 Å². The summed E-state index contributed by atoms with van der Waals surface area (Å²) in [6, 6.07) is 9.41. The van der Waals surface area contributed by atoms with Gasteiger partial charge in [-0.2, -0.15) is 0 Å². The quantitative estimate of drug-likeness (QED) is 0.264. The highest BCUT2D eigenvalue weighted by Gasteiger charge is 2.14. The molecule has 0 spiro atoms. The van der Waals surface area contributed by atoms with Crippen LogP contribution in [0.1, 0.15) is 11.4 Å². The molecule has 7 nitrogen and oxygen atoms in total. The van der Waals surface area contributed by atoms with Crippen LogP contribution in [0, 0.1) is 0 Å². The van der Waals surface area contributed by atoms with Crippen LogP contribution in [0.5, 0.6) is 0 Å². The number of halogens is 1. The average Bonchev–Trinajstić information content (AvgIpc) is 3.01. The Morgan fingerprint density at radius 1 is 1.36 bits per heavy atom. The zero-order valence-electron chi connectivity index (χ0n) is 14.0. The first-order chi connectivity index (χ1) is 12.1. The summed E-state index contributed by atoms with van der Waals surface area (Å²) in [5.41, 5.74) is 2.85. The number of hydrogen-bond acceptors (Lipinski definition) is 5. The minimum atomic E-state index is 0.327. The van der Waals surface area contributed by atoms with Gasteiger partial charge in [0, 0.05) is 34.9 Å². The number of aromatic amines is 1. The SMILES string of the molecule is CN(C)CCc1nc2nccc(/C(=N/O)Nc3cccc(Br)c3)c2[nH]1. The van der Waals surface area contributed by atoms with Crippen molar-refractivity contribution in [3.63, 3.8) is 0 Å². The van der Waals surface area contributed by atoms with Crippen molar-refractivity contribution in [3.8, 4) is 0 Å². The molecule has 2 aromatic heterocycles. The second-order valence-corrected chi connectivity index (χ2v) is 6.79. The minimum absolute atomic E-state index is 0.327. The Balaban J connectivity index is 1.93. The number of likely N-dealkylation sites (N-methyl/N-ethyl adjacent to an activating group) is 1. The average molecular weight is 403 g/mol. The maximum absolute atomic E-state index is 9.50. The highest BCUT2D eigenvalue weighted by atomic mass is 79.9. The van der Waals surface area contributed by atoms with Gasteiger partial charge in [0.25, 0.3) is 0 Å². The summed E-state index contributed by atoms with van der Waals surface area (Å²) < 4.78 is 0.933. The van der Waals surface area contributed by atoms with Gasteiger partial charge in [-0.05, 0) is 38.4 Å². The molecule has 0 atom stereocenters. The van der Waals surface area contributed by atoms with E-state index in [1.165, 1.54) is 0 Å². The van der Waals surface area contributed by atoms with Gasteiger partial charge in [0.05, 0.1) is 5.52 Å². The summed E-state index contributed by atoms with van der Waals surface area (Å²) in [6.45, 7) is 0.881. The molecule has 0 amide bonds. The smallest absolute Gasteiger partial charge is 0.179 e. The van der Waals surface area contributed by atoms with Crippen molar-refractivity contribution in [1.82, 2.24) is 19.9 Å². The molecule has 3 rings (SSSR count). The third-order valence-corrected chi connectivity index (χ3v) is 4.17. The van der Waals surface area contributed by atoms with E-state index in [0.29, 0.717) is 17.0 Å². The molecule has 0 aliphatic carbocycles. The van der Waals surface area contributed by atoms with Gasteiger partial charge in [-0.15, -0.1) is 0 Å². The van der Waals surface area contributed by atoms with Crippen molar-refractivity contribution in [3.05, 3.63) is 52.4 Å². The van der Waals surface area contributed by atoms with Crippen molar-refractivity contribution in [2.45, 2.75) is 6.42 Å². The number of oxime groups is 1. The fourth-order valence-electron chi connectivity index (χ4n) is 2.45. The first-order valence-corrected chi connectivity index (χ1v) is 8.59. The van der Waals surface area contributed by atoms with E-state index < -0.39 is 0 Å². The van der Waals surface area contributed by atoms with E-state index in [1.54, 1.807) is 12.3 Å². The Labute approximate surface area is 153 Å². The zero-order chi connectivity index (χ0) is 17.8. The number of rotatable bonds is 5. The van der Waals surface area contributed by atoms with Crippen molar-refractivity contribution in [1.29, 1.82) is 0 Å². The van der Waals surface area contributed by atoms with Gasteiger partial charge in [0.1, 0.15) is 5.82 Å². The second-order valence-electron chi connectivity index (χ2n) is 5.88. The molecule has 0 saturated heterocycles. The molecular weight excluding hydrogens is 384 g/mol. The van der Waals surface area contributed by atoms with Gasteiger partial charge in [-0.3, -0.25) is 0 Å². The van der Waals surface area contributed by atoms with Crippen molar-refractivity contribution >= 4 is 38.6 Å². The van der Waals surface area contributed by atoms with Crippen LogP contribution in [0.4, 0.5) is 5.69 Å². The van der Waals surface area contributed by atoms with Crippen LogP contribution < -0.4 is 5.32 Å². The van der Waals surface area contributed by atoms with Crippen LogP contribution >= 0.6 is 15.9 Å². The molecule has 0 bridgehead atoms. The number of H-pyrrole nitrogens is 1. The van der Waals surface area contributed by atoms with Crippen LogP contribution in [-0.2, 0) is 6.42 Å². The second kappa shape index (κ2) is 7.62. The molecule has 2 heterocycles. The number of anilines is 1. The topological polar surface area (TPSA) is 89.4 Å². The van der Waals surface area contributed by atoms with Crippen molar-refractivity contribution in [2.75, 3.05) is 26.0 Å². The number of fused-ring (bicyclic) bond motifs is 1. The van der Waals surface area contributed by atoms with Gasteiger partial charge < -0.3 is 20.4 Å². The molecule has 3 aromatic rings. The van der Waals surface area contributed by atoms with E-state index in [0.717, 1.165) is 34.5 Å². The Kier molecular flexibility index (Phi) is 5.30. The predicted octanol–water partition coefficient (Wildman–Crippen LogP) is 3.07. The van der Waals surface area contributed by atoms with Crippen LogP contribution in [-0.4, -0.2) is 51.5 Å². The van der Waals surface area contributed by atoms with E-state index in [-0.39, 0.29) is 0 Å². The third-order valence-electron chi connectivity index (χ3n) is 3.68. The van der Waals surface area contributed by atoms with Gasteiger partial charge in [-0.1, -0.05) is 27.2 Å². The standard InChI is InChI=1S/C17H19BrN6O/c1-24(2)9-7-14-21-15-13(6-8-19-17(15)22-14)16(23-25)20-12-5-3-4-11(18)10-12/h3-6,8,10,25H,7,9H2,1-2H3,(H,20,23)(H,19,21,22). The first kappa shape index (κ1) is 17.4. The number of pyridine rings is 1. The molecule has 8 heteroatoms. The predicted molar refractivity (Wildman–Crippen MR) is 102 cm³/mol. The molecule has 0 fully saturated rings. The van der Waals surface area contributed by atoms with Crippen molar-refractivity contribution < 1.29 is 5.21 Å². The van der Waals surface area contributed by atoms with E-state index in [4.69, 9.17) is 0 Å². The van der Waals surface area contributed by atoms with E-state index in [2.05, 4.69) is 46.3 Å². The van der Waals surface area contributed by atoms with E-state index >= 15 is 0 Å². The summed E-state index contributed by atoms with van der Waals surface area (Å²) >= 11 is 3.43. The lowest BCUT2D eigenvalue weighted by atomic mass is 10.2. The molecule has 0 radical (unpaired) electrons. The lowest BCUT2D eigenvalue weighted by molar-refractivity contribution is 0.319. The van der Waals surface area contributed by atoms with Gasteiger partial charge >= 0.3 is 0 Å². The summed E-state index contributed by atoms with van der Waals surface area (Å²) in [6.07, 6.45) is 2.44. The molecule has 3 N–H and O–H groups in total. The van der Waals surface area contributed by atoms with Crippen LogP contribution in [0.25, 0.3) is 11.2 Å². The third kappa shape index (κ3) is 4.15. The van der Waals surface area contributed by atoms with Crippen LogP contribution in [0.15, 0.2) is 46.2 Å². The number of hydrogen-bond donors (Lipinski definition) is 3. The number of benzene rings is 1. The number of nitrogens with one attached hydrogen (secondary N) is 2. The summed E-state index contributed by atoms with van der Waals surface area (Å²) in [7, 11) is 4.04. The molecule has 0 unspecified atom stereocenters. The fraction of sp³-hybridized carbons (Fsp3) is 0.235. The number of amidine groups is 1. The summed E-state index contributed by atoms with van der Waals surface area (Å²) in [4.78, 5) is 14.2. The Morgan fingerprint density at radius 2 is 2.20 bits per heavy atom. The van der Waals surface area contributed by atoms with E-state index in [9.17, 15) is 5.21 Å². The Morgan fingerprint density at radius 3 is 2.92 bits per heavy atom. The first-order valence-electron chi connectivity index (χ1n) is 7.80. The monoisotopic (exact) mass is 402 g/mol. The lowest BCUT2D eigenvalue weighted by Crippen LogP contribution is -2.15. The van der Waals surface area contributed by atoms with E-state index in [1.807, 2.05) is 38.4 Å². The zero-order valence-corrected chi connectivity index (χ0v) is 15.6. The normalized spacial score (nSPS) is 12.1. The molecule has 130 valence electrons. The van der Waals surface area contributed by atoms with Crippen LogP contribution in [0.2, 0.25) is 0 Å². The maximum atomic E-state index is 9.50. The fourth-order valence-corrected chi connectivity index (χ4v) is 2.85. The van der Waals surface area contributed by atoms with Gasteiger partial charge in [0.2, 0.25) is 0 Å². The Bertz CT molecular complexity index is 905. The molecular formula is C17H19BrN6O. The number of nitrogens with zero attached hydrogens (tertiary/aromatic N) is 4.